The smallest absolute Gasteiger partial charge is 0.235 e. The van der Waals surface area contributed by atoms with Crippen molar-refractivity contribution in [3.8, 4) is 34.1 Å². The Bertz CT molecular complexity index is 1200. The minimum Gasteiger partial charge on any atom is -0.504 e. The Kier molecular flexibility index (Phi) is 5.46. The lowest BCUT2D eigenvalue weighted by molar-refractivity contribution is -0.118. The zero-order valence-electron chi connectivity index (χ0n) is 18.7. The molecule has 1 aliphatic rings. The average molecular weight is 434 g/mol. The molecule has 3 N–H and O–H groups in total. The number of carbonyl (C=O) groups is 1. The van der Waals surface area contributed by atoms with Crippen molar-refractivity contribution in [2.45, 2.75) is 32.1 Å². The molecule has 1 aliphatic carbocycles. The van der Waals surface area contributed by atoms with E-state index in [1.54, 1.807) is 20.3 Å². The Morgan fingerprint density at radius 2 is 1.56 bits per heavy atom. The number of ether oxygens (including phenoxy) is 2. The predicted molar refractivity (Wildman–Crippen MR) is 124 cm³/mol. The number of aromatic hydroxyl groups is 2. The van der Waals surface area contributed by atoms with Gasteiger partial charge in [-0.25, -0.2) is 0 Å². The fourth-order valence-electron chi connectivity index (χ4n) is 4.09. The number of aryl methyl sites for hydroxylation is 2. The number of hydrogen-bond donors (Lipinski definition) is 3. The predicted octanol–water partition coefficient (Wildman–Crippen LogP) is 5.07. The number of anilines is 1. The van der Waals surface area contributed by atoms with E-state index in [2.05, 4.69) is 5.32 Å². The van der Waals surface area contributed by atoms with Gasteiger partial charge in [-0.05, 0) is 85.3 Å². The maximum atomic E-state index is 13.2. The van der Waals surface area contributed by atoms with E-state index in [4.69, 9.17) is 9.47 Å². The maximum absolute atomic E-state index is 13.2. The second-order valence-corrected chi connectivity index (χ2v) is 8.29. The van der Waals surface area contributed by atoms with Crippen LogP contribution in [0.15, 0.2) is 48.5 Å². The molecule has 1 saturated carbocycles. The first-order valence-corrected chi connectivity index (χ1v) is 10.5. The van der Waals surface area contributed by atoms with Crippen LogP contribution >= 0.6 is 0 Å². The molecule has 0 spiro atoms. The summed E-state index contributed by atoms with van der Waals surface area (Å²) in [6.07, 6.45) is 1.37. The monoisotopic (exact) mass is 433 g/mol. The SMILES string of the molecule is COc1cc(-c2cc(NC(=O)C3(c4ccc(O)c(O)c4)CC3)ccc2C)c(OC)cc1C. The van der Waals surface area contributed by atoms with Crippen molar-refractivity contribution in [3.63, 3.8) is 0 Å². The highest BCUT2D eigenvalue weighted by Gasteiger charge is 2.51. The van der Waals surface area contributed by atoms with E-state index in [0.29, 0.717) is 24.1 Å². The van der Waals surface area contributed by atoms with Crippen LogP contribution in [0.25, 0.3) is 11.1 Å². The van der Waals surface area contributed by atoms with Gasteiger partial charge in [-0.3, -0.25) is 4.79 Å². The zero-order chi connectivity index (χ0) is 23.0. The summed E-state index contributed by atoms with van der Waals surface area (Å²) in [6, 6.07) is 14.2. The summed E-state index contributed by atoms with van der Waals surface area (Å²) in [5.74, 6) is 0.938. The molecule has 0 aromatic heterocycles. The highest BCUT2D eigenvalue weighted by molar-refractivity contribution is 6.02. The standard InChI is InChI=1S/C26H27NO5/c1-15-5-7-18(13-19(15)20-14-23(31-3)16(2)11-24(20)32-4)27-25(30)26(9-10-26)17-6-8-21(28)22(29)12-17/h5-8,11-14,28-29H,9-10H2,1-4H3,(H,27,30). The summed E-state index contributed by atoms with van der Waals surface area (Å²) in [5.41, 5.74) is 4.51. The van der Waals surface area contributed by atoms with Gasteiger partial charge >= 0.3 is 0 Å². The molecule has 6 heteroatoms. The fourth-order valence-corrected chi connectivity index (χ4v) is 4.09. The van der Waals surface area contributed by atoms with Crippen molar-refractivity contribution in [1.29, 1.82) is 0 Å². The molecule has 0 radical (unpaired) electrons. The topological polar surface area (TPSA) is 88.0 Å². The number of benzene rings is 3. The normalized spacial score (nSPS) is 14.0. The van der Waals surface area contributed by atoms with E-state index in [9.17, 15) is 15.0 Å². The second-order valence-electron chi connectivity index (χ2n) is 8.29. The van der Waals surface area contributed by atoms with Crippen molar-refractivity contribution < 1.29 is 24.5 Å². The zero-order valence-corrected chi connectivity index (χ0v) is 18.7. The van der Waals surface area contributed by atoms with Crippen LogP contribution in [0, 0.1) is 13.8 Å². The summed E-state index contributed by atoms with van der Waals surface area (Å²) in [5, 5.41) is 22.5. The third-order valence-electron chi connectivity index (χ3n) is 6.22. The van der Waals surface area contributed by atoms with E-state index < -0.39 is 5.41 Å². The summed E-state index contributed by atoms with van der Waals surface area (Å²) < 4.78 is 11.1. The van der Waals surface area contributed by atoms with Crippen LogP contribution in [0.4, 0.5) is 5.69 Å². The van der Waals surface area contributed by atoms with E-state index in [-0.39, 0.29) is 17.4 Å². The summed E-state index contributed by atoms with van der Waals surface area (Å²) in [4.78, 5) is 13.2. The molecule has 32 heavy (non-hydrogen) atoms. The molecule has 166 valence electrons. The van der Waals surface area contributed by atoms with Gasteiger partial charge in [-0.1, -0.05) is 12.1 Å². The van der Waals surface area contributed by atoms with Gasteiger partial charge in [0.1, 0.15) is 11.5 Å². The van der Waals surface area contributed by atoms with Crippen LogP contribution in [0.5, 0.6) is 23.0 Å². The van der Waals surface area contributed by atoms with E-state index in [1.165, 1.54) is 12.1 Å². The van der Waals surface area contributed by atoms with E-state index in [0.717, 1.165) is 33.8 Å². The number of rotatable bonds is 6. The third-order valence-corrected chi connectivity index (χ3v) is 6.22. The van der Waals surface area contributed by atoms with Crippen LogP contribution in [0.3, 0.4) is 0 Å². The van der Waals surface area contributed by atoms with Crippen molar-refractivity contribution in [2.75, 3.05) is 19.5 Å². The van der Waals surface area contributed by atoms with Gasteiger partial charge in [0.25, 0.3) is 0 Å². The quantitative estimate of drug-likeness (QED) is 0.473. The Hall–Kier alpha value is -3.67. The first-order chi connectivity index (χ1) is 15.3. The number of phenols is 2. The number of hydrogen-bond acceptors (Lipinski definition) is 5. The molecule has 3 aromatic rings. The molecular weight excluding hydrogens is 406 g/mol. The molecular formula is C26H27NO5. The molecule has 4 rings (SSSR count). The van der Waals surface area contributed by atoms with Gasteiger partial charge in [0.2, 0.25) is 5.91 Å². The molecule has 0 heterocycles. The van der Waals surface area contributed by atoms with Crippen LogP contribution in [0.1, 0.15) is 29.5 Å². The lowest BCUT2D eigenvalue weighted by atomic mass is 9.94. The van der Waals surface area contributed by atoms with E-state index >= 15 is 0 Å². The molecule has 6 nitrogen and oxygen atoms in total. The minimum absolute atomic E-state index is 0.133. The van der Waals surface area contributed by atoms with E-state index in [1.807, 2.05) is 44.2 Å². The van der Waals surface area contributed by atoms with Crippen LogP contribution < -0.4 is 14.8 Å². The maximum Gasteiger partial charge on any atom is 0.235 e. The molecule has 0 atom stereocenters. The lowest BCUT2D eigenvalue weighted by Gasteiger charge is -2.18. The Labute approximate surface area is 187 Å². The van der Waals surface area contributed by atoms with Gasteiger partial charge in [0.15, 0.2) is 11.5 Å². The lowest BCUT2D eigenvalue weighted by Crippen LogP contribution is -2.27. The van der Waals surface area contributed by atoms with Gasteiger partial charge in [0, 0.05) is 11.3 Å². The molecule has 0 bridgehead atoms. The fraction of sp³-hybridized carbons (Fsp3) is 0.269. The molecule has 3 aromatic carbocycles. The molecule has 0 unspecified atom stereocenters. The number of amides is 1. The van der Waals surface area contributed by atoms with Crippen LogP contribution in [-0.4, -0.2) is 30.3 Å². The molecule has 1 fully saturated rings. The number of methoxy groups -OCH3 is 2. The molecule has 1 amide bonds. The van der Waals surface area contributed by atoms with Crippen LogP contribution in [-0.2, 0) is 10.2 Å². The first-order valence-electron chi connectivity index (χ1n) is 10.5. The van der Waals surface area contributed by atoms with Crippen molar-refractivity contribution in [1.82, 2.24) is 0 Å². The summed E-state index contributed by atoms with van der Waals surface area (Å²) in [6.45, 7) is 3.97. The van der Waals surface area contributed by atoms with Crippen molar-refractivity contribution in [2.24, 2.45) is 0 Å². The van der Waals surface area contributed by atoms with Crippen molar-refractivity contribution in [3.05, 3.63) is 65.2 Å². The Balaban J connectivity index is 1.67. The minimum atomic E-state index is -0.693. The van der Waals surface area contributed by atoms with Gasteiger partial charge in [-0.15, -0.1) is 0 Å². The summed E-state index contributed by atoms with van der Waals surface area (Å²) in [7, 11) is 3.27. The second kappa shape index (κ2) is 8.11. The van der Waals surface area contributed by atoms with Gasteiger partial charge < -0.3 is 25.0 Å². The first kappa shape index (κ1) is 21.6. The van der Waals surface area contributed by atoms with Gasteiger partial charge in [0.05, 0.1) is 19.6 Å². The largest absolute Gasteiger partial charge is 0.504 e. The molecule has 0 saturated heterocycles. The number of phenolic OH excluding ortho intramolecular Hbond substituents is 2. The Morgan fingerprint density at radius 1 is 0.844 bits per heavy atom. The Morgan fingerprint density at radius 3 is 2.19 bits per heavy atom. The summed E-state index contributed by atoms with van der Waals surface area (Å²) >= 11 is 0. The highest BCUT2D eigenvalue weighted by Crippen LogP contribution is 2.50. The number of carbonyl (C=O) groups excluding carboxylic acids is 1. The van der Waals surface area contributed by atoms with Gasteiger partial charge in [-0.2, -0.15) is 0 Å². The highest BCUT2D eigenvalue weighted by atomic mass is 16.5. The number of nitrogens with one attached hydrogen (secondary N) is 1. The average Bonchev–Trinajstić information content (AvgIpc) is 3.59. The van der Waals surface area contributed by atoms with Crippen LogP contribution in [0.2, 0.25) is 0 Å². The van der Waals surface area contributed by atoms with Crippen molar-refractivity contribution >= 4 is 11.6 Å². The third kappa shape index (κ3) is 3.73. The molecule has 0 aliphatic heterocycles.